The van der Waals surface area contributed by atoms with Crippen molar-refractivity contribution in [2.24, 2.45) is 0 Å². The summed E-state index contributed by atoms with van der Waals surface area (Å²) in [5.41, 5.74) is 1.01. The summed E-state index contributed by atoms with van der Waals surface area (Å²) in [5.74, 6) is -0.598. The van der Waals surface area contributed by atoms with Crippen molar-refractivity contribution in [2.75, 3.05) is 53.6 Å². The van der Waals surface area contributed by atoms with Crippen molar-refractivity contribution >= 4 is 29.1 Å². The summed E-state index contributed by atoms with van der Waals surface area (Å²) in [6.45, 7) is 4.18. The quantitative estimate of drug-likeness (QED) is 0.337. The molecule has 2 aliphatic rings. The molecular formula is C26H29ClN2O6. The molecule has 0 bridgehead atoms. The number of aliphatic hydroxyl groups is 1. The van der Waals surface area contributed by atoms with Gasteiger partial charge in [0, 0.05) is 48.4 Å². The van der Waals surface area contributed by atoms with E-state index < -0.39 is 17.7 Å². The Bertz CT molecular complexity index is 1110. The number of carbonyl (C=O) groups excluding carboxylic acids is 2. The molecule has 0 saturated carbocycles. The lowest BCUT2D eigenvalue weighted by Crippen LogP contribution is -2.39. The average molecular weight is 501 g/mol. The number of Topliss-reactive ketones (excluding diaryl/α,β-unsaturated/α-hetero) is 1. The van der Waals surface area contributed by atoms with Crippen molar-refractivity contribution in [3.8, 4) is 11.5 Å². The molecule has 9 heteroatoms. The first-order valence-electron chi connectivity index (χ1n) is 11.5. The maximum atomic E-state index is 13.2. The Kier molecular flexibility index (Phi) is 7.95. The molecule has 0 aromatic heterocycles. The molecule has 35 heavy (non-hydrogen) atoms. The number of aliphatic hydroxyl groups excluding tert-OH is 1. The van der Waals surface area contributed by atoms with Gasteiger partial charge in [-0.3, -0.25) is 14.5 Å². The second-order valence-corrected chi connectivity index (χ2v) is 8.85. The summed E-state index contributed by atoms with van der Waals surface area (Å²) in [6.07, 6.45) is 0.670. The van der Waals surface area contributed by atoms with Gasteiger partial charge >= 0.3 is 0 Å². The Morgan fingerprint density at radius 1 is 1.06 bits per heavy atom. The number of ether oxygens (including phenoxy) is 3. The van der Waals surface area contributed by atoms with Crippen molar-refractivity contribution in [3.05, 3.63) is 64.2 Å². The van der Waals surface area contributed by atoms with Gasteiger partial charge in [0.1, 0.15) is 17.3 Å². The Balaban J connectivity index is 1.73. The lowest BCUT2D eigenvalue weighted by Gasteiger charge is -2.29. The van der Waals surface area contributed by atoms with Crippen LogP contribution in [0.4, 0.5) is 0 Å². The van der Waals surface area contributed by atoms with Gasteiger partial charge in [-0.15, -0.1) is 0 Å². The molecule has 1 atom stereocenters. The summed E-state index contributed by atoms with van der Waals surface area (Å²) in [4.78, 5) is 30.2. The molecule has 2 aromatic carbocycles. The van der Waals surface area contributed by atoms with Gasteiger partial charge in [0.25, 0.3) is 11.7 Å². The molecule has 1 unspecified atom stereocenters. The van der Waals surface area contributed by atoms with Crippen molar-refractivity contribution < 1.29 is 28.9 Å². The molecule has 2 aromatic rings. The largest absolute Gasteiger partial charge is 0.507 e. The minimum atomic E-state index is -0.809. The maximum absolute atomic E-state index is 13.2. The molecule has 1 amide bonds. The number of hydrogen-bond acceptors (Lipinski definition) is 7. The number of halogens is 1. The Morgan fingerprint density at radius 3 is 2.43 bits per heavy atom. The molecule has 1 N–H and O–H groups in total. The Hall–Kier alpha value is -3.07. The highest BCUT2D eigenvalue weighted by Crippen LogP contribution is 2.43. The molecule has 186 valence electrons. The lowest BCUT2D eigenvalue weighted by atomic mass is 9.94. The summed E-state index contributed by atoms with van der Waals surface area (Å²) in [6, 6.07) is 10.9. The van der Waals surface area contributed by atoms with E-state index >= 15 is 0 Å². The zero-order chi connectivity index (χ0) is 24.9. The van der Waals surface area contributed by atoms with Crippen LogP contribution in [0.5, 0.6) is 11.5 Å². The van der Waals surface area contributed by atoms with Gasteiger partial charge in [-0.05, 0) is 42.8 Å². The first-order valence-corrected chi connectivity index (χ1v) is 11.9. The van der Waals surface area contributed by atoms with Gasteiger partial charge in [0.15, 0.2) is 0 Å². The van der Waals surface area contributed by atoms with Crippen molar-refractivity contribution in [1.29, 1.82) is 0 Å². The van der Waals surface area contributed by atoms with E-state index in [0.717, 1.165) is 19.6 Å². The fraction of sp³-hybridized carbons (Fsp3) is 0.385. The first kappa shape index (κ1) is 25.0. The third kappa shape index (κ3) is 5.29. The van der Waals surface area contributed by atoms with Crippen LogP contribution >= 0.6 is 11.6 Å². The predicted octanol–water partition coefficient (Wildman–Crippen LogP) is 3.50. The monoisotopic (exact) mass is 500 g/mol. The second-order valence-electron chi connectivity index (χ2n) is 8.41. The van der Waals surface area contributed by atoms with Crippen LogP contribution in [0.15, 0.2) is 48.0 Å². The summed E-state index contributed by atoms with van der Waals surface area (Å²) >= 11 is 6.00. The van der Waals surface area contributed by atoms with Gasteiger partial charge in [-0.2, -0.15) is 0 Å². The van der Waals surface area contributed by atoms with Crippen LogP contribution in [0.1, 0.15) is 23.6 Å². The summed E-state index contributed by atoms with van der Waals surface area (Å²) < 4.78 is 16.3. The normalized spacial score (nSPS) is 20.3. The van der Waals surface area contributed by atoms with E-state index in [-0.39, 0.29) is 11.3 Å². The number of likely N-dealkylation sites (tertiary alicyclic amines) is 1. The highest BCUT2D eigenvalue weighted by Gasteiger charge is 2.46. The SMILES string of the molecule is COc1ccc(C2/C(=C(\O)c3ccc(Cl)cc3)C(=O)C(=O)N2CCCN2CCOCC2)c(OC)c1. The highest BCUT2D eigenvalue weighted by molar-refractivity contribution is 6.46. The van der Waals surface area contributed by atoms with Crippen molar-refractivity contribution in [3.63, 3.8) is 0 Å². The van der Waals surface area contributed by atoms with Crippen LogP contribution < -0.4 is 9.47 Å². The third-order valence-corrected chi connectivity index (χ3v) is 6.62. The summed E-state index contributed by atoms with van der Waals surface area (Å²) in [5, 5.41) is 11.7. The molecule has 4 rings (SSSR count). The molecule has 0 radical (unpaired) electrons. The van der Waals surface area contributed by atoms with Crippen molar-refractivity contribution in [2.45, 2.75) is 12.5 Å². The zero-order valence-electron chi connectivity index (χ0n) is 19.8. The second kappa shape index (κ2) is 11.1. The van der Waals surface area contributed by atoms with E-state index in [1.807, 2.05) is 0 Å². The molecule has 2 fully saturated rings. The van der Waals surface area contributed by atoms with Crippen LogP contribution in [0.2, 0.25) is 5.02 Å². The first-order chi connectivity index (χ1) is 16.9. The zero-order valence-corrected chi connectivity index (χ0v) is 20.6. The van der Waals surface area contributed by atoms with Gasteiger partial charge in [-0.25, -0.2) is 0 Å². The predicted molar refractivity (Wildman–Crippen MR) is 132 cm³/mol. The average Bonchev–Trinajstić information content (AvgIpc) is 3.13. The molecule has 8 nitrogen and oxygen atoms in total. The minimum Gasteiger partial charge on any atom is -0.507 e. The number of benzene rings is 2. The lowest BCUT2D eigenvalue weighted by molar-refractivity contribution is -0.140. The number of ketones is 1. The molecule has 0 spiro atoms. The molecule has 2 heterocycles. The number of carbonyl (C=O) groups is 2. The Labute approximate surface area is 209 Å². The molecule has 0 aliphatic carbocycles. The smallest absolute Gasteiger partial charge is 0.295 e. The number of rotatable bonds is 8. The minimum absolute atomic E-state index is 0.0205. The topological polar surface area (TPSA) is 88.5 Å². The van der Waals surface area contributed by atoms with Gasteiger partial charge in [-0.1, -0.05) is 11.6 Å². The van der Waals surface area contributed by atoms with Crippen LogP contribution in [-0.4, -0.2) is 80.2 Å². The van der Waals surface area contributed by atoms with Gasteiger partial charge in [0.05, 0.1) is 39.0 Å². The van der Waals surface area contributed by atoms with E-state index in [9.17, 15) is 14.7 Å². The van der Waals surface area contributed by atoms with Crippen LogP contribution in [0, 0.1) is 0 Å². The van der Waals surface area contributed by atoms with E-state index in [2.05, 4.69) is 4.90 Å². The summed E-state index contributed by atoms with van der Waals surface area (Å²) in [7, 11) is 3.06. The molecular weight excluding hydrogens is 472 g/mol. The van der Waals surface area contributed by atoms with Crippen LogP contribution in [0.3, 0.4) is 0 Å². The van der Waals surface area contributed by atoms with Crippen molar-refractivity contribution in [1.82, 2.24) is 9.80 Å². The molecule has 2 aliphatic heterocycles. The molecule has 2 saturated heterocycles. The van der Waals surface area contributed by atoms with Gasteiger partial charge < -0.3 is 24.2 Å². The highest BCUT2D eigenvalue weighted by atomic mass is 35.5. The number of methoxy groups -OCH3 is 2. The van der Waals surface area contributed by atoms with E-state index in [1.54, 1.807) is 49.6 Å². The number of hydrogen-bond donors (Lipinski definition) is 1. The fourth-order valence-corrected chi connectivity index (χ4v) is 4.66. The number of amides is 1. The number of nitrogens with zero attached hydrogens (tertiary/aromatic N) is 2. The van der Waals surface area contributed by atoms with Crippen LogP contribution in [-0.2, 0) is 14.3 Å². The van der Waals surface area contributed by atoms with E-state index in [0.29, 0.717) is 53.8 Å². The fourth-order valence-electron chi connectivity index (χ4n) is 4.53. The van der Waals surface area contributed by atoms with Crippen LogP contribution in [0.25, 0.3) is 5.76 Å². The van der Waals surface area contributed by atoms with E-state index in [1.165, 1.54) is 12.0 Å². The van der Waals surface area contributed by atoms with Gasteiger partial charge in [0.2, 0.25) is 0 Å². The third-order valence-electron chi connectivity index (χ3n) is 6.37. The standard InChI is InChI=1S/C26H29ClN2O6/c1-33-19-8-9-20(21(16-19)34-2)23-22(24(30)17-4-6-18(27)7-5-17)25(31)26(32)29(23)11-3-10-28-12-14-35-15-13-28/h4-9,16,23,30H,3,10-15H2,1-2H3/b24-22+. The number of morpholine rings is 1. The van der Waals surface area contributed by atoms with E-state index in [4.69, 9.17) is 25.8 Å². The maximum Gasteiger partial charge on any atom is 0.295 e. The Morgan fingerprint density at radius 2 is 1.77 bits per heavy atom.